The van der Waals surface area contributed by atoms with E-state index in [1.165, 1.54) is 5.57 Å². The number of carbonyl (C=O) groups excluding carboxylic acids is 1. The molecule has 2 aromatic heterocycles. The summed E-state index contributed by atoms with van der Waals surface area (Å²) in [4.78, 5) is 16.0. The van der Waals surface area contributed by atoms with Gasteiger partial charge in [0, 0.05) is 28.6 Å². The summed E-state index contributed by atoms with van der Waals surface area (Å²) < 4.78 is 0. The Labute approximate surface area is 133 Å². The molecular weight excluding hydrogens is 294 g/mol. The fourth-order valence-electron chi connectivity index (χ4n) is 3.26. The van der Waals surface area contributed by atoms with Gasteiger partial charge < -0.3 is 4.90 Å². The quantitative estimate of drug-likeness (QED) is 0.941. The summed E-state index contributed by atoms with van der Waals surface area (Å²) >= 11 is 1.59. The highest BCUT2D eigenvalue weighted by atomic mass is 32.1. The van der Waals surface area contributed by atoms with Crippen molar-refractivity contribution in [1.29, 1.82) is 0 Å². The number of H-pyrrole nitrogens is 1. The Morgan fingerprint density at radius 1 is 1.45 bits per heavy atom. The fourth-order valence-corrected chi connectivity index (χ4v) is 4.12. The third-order valence-corrected chi connectivity index (χ3v) is 5.35. The summed E-state index contributed by atoms with van der Waals surface area (Å²) in [5.41, 5.74) is 3.19. The van der Waals surface area contributed by atoms with Crippen LogP contribution in [0.5, 0.6) is 0 Å². The van der Waals surface area contributed by atoms with Crippen LogP contribution < -0.4 is 0 Å². The maximum Gasteiger partial charge on any atom is 0.255 e. The summed E-state index contributed by atoms with van der Waals surface area (Å²) in [5.74, 6) is 0.154. The zero-order chi connectivity index (χ0) is 14.9. The van der Waals surface area contributed by atoms with E-state index in [0.717, 1.165) is 41.8 Å². The largest absolute Gasteiger partial charge is 0.332 e. The minimum absolute atomic E-state index is 0.154. The normalized spacial score (nSPS) is 20.6. The van der Waals surface area contributed by atoms with Crippen molar-refractivity contribution >= 4 is 17.2 Å². The van der Waals surface area contributed by atoms with Gasteiger partial charge in [-0.1, -0.05) is 18.2 Å². The second-order valence-electron chi connectivity index (χ2n) is 5.72. The Bertz CT molecular complexity index is 742. The average molecular weight is 311 g/mol. The molecule has 0 radical (unpaired) electrons. The Balaban J connectivity index is 1.56. The van der Waals surface area contributed by atoms with Crippen LogP contribution in [0, 0.1) is 0 Å². The molecule has 2 aliphatic rings. The standard InChI is InChI=1S/C17H17N3OS/c21-17(13-8-16(22-11-13)14-9-18-19-10-14)20-7-3-6-15(20)12-4-1-2-5-12/h1-2,4,8-11,15H,3,5-7H2,(H,18,19). The lowest BCUT2D eigenvalue weighted by Gasteiger charge is -2.25. The van der Waals surface area contributed by atoms with E-state index in [2.05, 4.69) is 28.4 Å². The van der Waals surface area contributed by atoms with Crippen molar-refractivity contribution in [3.63, 3.8) is 0 Å². The molecule has 112 valence electrons. The Kier molecular flexibility index (Phi) is 3.42. The van der Waals surface area contributed by atoms with Gasteiger partial charge in [-0.25, -0.2) is 0 Å². The third-order valence-electron chi connectivity index (χ3n) is 4.37. The van der Waals surface area contributed by atoms with Crippen molar-refractivity contribution in [3.8, 4) is 10.4 Å². The number of likely N-dealkylation sites (tertiary alicyclic amines) is 1. The maximum atomic E-state index is 12.9. The van der Waals surface area contributed by atoms with Crippen molar-refractivity contribution in [2.24, 2.45) is 0 Å². The van der Waals surface area contributed by atoms with E-state index in [0.29, 0.717) is 0 Å². The second-order valence-corrected chi connectivity index (χ2v) is 6.63. The number of aromatic nitrogens is 2. The molecule has 4 nitrogen and oxygen atoms in total. The minimum atomic E-state index is 0.154. The molecule has 4 rings (SSSR count). The summed E-state index contributed by atoms with van der Waals surface area (Å²) in [5, 5.41) is 8.74. The maximum absolute atomic E-state index is 12.9. The van der Waals surface area contributed by atoms with Crippen molar-refractivity contribution < 1.29 is 4.79 Å². The van der Waals surface area contributed by atoms with E-state index in [4.69, 9.17) is 0 Å². The summed E-state index contributed by atoms with van der Waals surface area (Å²) in [6.07, 6.45) is 13.2. The fraction of sp³-hybridized carbons (Fsp3) is 0.294. The minimum Gasteiger partial charge on any atom is -0.332 e. The van der Waals surface area contributed by atoms with Gasteiger partial charge in [-0.3, -0.25) is 9.89 Å². The molecule has 0 aromatic carbocycles. The molecule has 0 saturated carbocycles. The molecule has 0 spiro atoms. The number of rotatable bonds is 3. The van der Waals surface area contributed by atoms with E-state index in [-0.39, 0.29) is 11.9 Å². The number of allylic oxidation sites excluding steroid dienone is 3. The van der Waals surface area contributed by atoms with Crippen molar-refractivity contribution in [3.05, 3.63) is 53.2 Å². The zero-order valence-electron chi connectivity index (χ0n) is 12.2. The number of thiophene rings is 1. The highest BCUT2D eigenvalue weighted by Crippen LogP contribution is 2.32. The van der Waals surface area contributed by atoms with Gasteiger partial charge in [-0.05, 0) is 30.9 Å². The summed E-state index contributed by atoms with van der Waals surface area (Å²) in [6.45, 7) is 0.859. The van der Waals surface area contributed by atoms with Crippen LogP contribution >= 0.6 is 11.3 Å². The first kappa shape index (κ1) is 13.5. The van der Waals surface area contributed by atoms with Crippen LogP contribution in [0.1, 0.15) is 29.6 Å². The molecule has 22 heavy (non-hydrogen) atoms. The molecular formula is C17H17N3OS. The topological polar surface area (TPSA) is 49.0 Å². The number of amides is 1. The van der Waals surface area contributed by atoms with Gasteiger partial charge in [0.1, 0.15) is 0 Å². The number of carbonyl (C=O) groups is 1. The van der Waals surface area contributed by atoms with E-state index in [9.17, 15) is 4.79 Å². The lowest BCUT2D eigenvalue weighted by Crippen LogP contribution is -2.36. The van der Waals surface area contributed by atoms with Gasteiger partial charge in [-0.15, -0.1) is 11.3 Å². The number of nitrogens with zero attached hydrogens (tertiary/aromatic N) is 2. The van der Waals surface area contributed by atoms with Crippen molar-refractivity contribution in [2.75, 3.05) is 6.54 Å². The summed E-state index contributed by atoms with van der Waals surface area (Å²) in [7, 11) is 0. The smallest absolute Gasteiger partial charge is 0.255 e. The molecule has 1 saturated heterocycles. The molecule has 0 bridgehead atoms. The molecule has 1 N–H and O–H groups in total. The lowest BCUT2D eigenvalue weighted by atomic mass is 10.0. The van der Waals surface area contributed by atoms with Gasteiger partial charge in [-0.2, -0.15) is 5.10 Å². The van der Waals surface area contributed by atoms with Crippen LogP contribution in [-0.4, -0.2) is 33.6 Å². The highest BCUT2D eigenvalue weighted by molar-refractivity contribution is 7.13. The van der Waals surface area contributed by atoms with Crippen LogP contribution in [0.3, 0.4) is 0 Å². The Morgan fingerprint density at radius 3 is 3.18 bits per heavy atom. The number of hydrogen-bond donors (Lipinski definition) is 1. The molecule has 1 aliphatic heterocycles. The van der Waals surface area contributed by atoms with Gasteiger partial charge in [0.15, 0.2) is 0 Å². The van der Waals surface area contributed by atoms with Gasteiger partial charge in [0.05, 0.1) is 17.8 Å². The van der Waals surface area contributed by atoms with Crippen LogP contribution in [0.4, 0.5) is 0 Å². The second kappa shape index (κ2) is 5.57. The molecule has 5 heteroatoms. The molecule has 1 aliphatic carbocycles. The molecule has 2 aromatic rings. The van der Waals surface area contributed by atoms with Crippen LogP contribution in [0.25, 0.3) is 10.4 Å². The number of nitrogens with one attached hydrogen (secondary N) is 1. The first-order chi connectivity index (χ1) is 10.8. The van der Waals surface area contributed by atoms with E-state index < -0.39 is 0 Å². The molecule has 1 fully saturated rings. The average Bonchev–Trinajstić information content (AvgIpc) is 3.35. The zero-order valence-corrected chi connectivity index (χ0v) is 13.0. The number of hydrogen-bond acceptors (Lipinski definition) is 3. The van der Waals surface area contributed by atoms with Crippen molar-refractivity contribution in [2.45, 2.75) is 25.3 Å². The first-order valence-electron chi connectivity index (χ1n) is 7.57. The molecule has 1 unspecified atom stereocenters. The Morgan fingerprint density at radius 2 is 2.41 bits per heavy atom. The van der Waals surface area contributed by atoms with Gasteiger partial charge in [0.2, 0.25) is 0 Å². The highest BCUT2D eigenvalue weighted by Gasteiger charge is 2.32. The monoisotopic (exact) mass is 311 g/mol. The third kappa shape index (κ3) is 2.31. The lowest BCUT2D eigenvalue weighted by molar-refractivity contribution is 0.0755. The predicted octanol–water partition coefficient (Wildman–Crippen LogP) is 3.63. The summed E-state index contributed by atoms with van der Waals surface area (Å²) in [6, 6.07) is 2.26. The molecule has 1 amide bonds. The van der Waals surface area contributed by atoms with Gasteiger partial charge >= 0.3 is 0 Å². The van der Waals surface area contributed by atoms with Crippen LogP contribution in [-0.2, 0) is 0 Å². The van der Waals surface area contributed by atoms with E-state index in [1.807, 2.05) is 22.5 Å². The van der Waals surface area contributed by atoms with Crippen LogP contribution in [0.15, 0.2) is 47.6 Å². The number of aromatic amines is 1. The van der Waals surface area contributed by atoms with Crippen molar-refractivity contribution in [1.82, 2.24) is 15.1 Å². The van der Waals surface area contributed by atoms with Gasteiger partial charge in [0.25, 0.3) is 5.91 Å². The SMILES string of the molecule is O=C(c1csc(-c2cn[nH]c2)c1)N1CCCC1C1=CC=CC1. The predicted molar refractivity (Wildman–Crippen MR) is 87.8 cm³/mol. The van der Waals surface area contributed by atoms with Crippen LogP contribution in [0.2, 0.25) is 0 Å². The van der Waals surface area contributed by atoms with E-state index >= 15 is 0 Å². The van der Waals surface area contributed by atoms with E-state index in [1.54, 1.807) is 17.5 Å². The molecule has 3 heterocycles. The first-order valence-corrected chi connectivity index (χ1v) is 8.45. The Hall–Kier alpha value is -2.14. The molecule has 1 atom stereocenters.